The first kappa shape index (κ1) is 20.4. The Labute approximate surface area is 150 Å². The number of aliphatic hydroxyl groups excluding tert-OH is 1. The number of aliphatic hydroxyl groups is 1. The average molecular weight is 387 g/mol. The molecule has 1 aromatic heterocycles. The molecule has 2 rings (SSSR count). The zero-order valence-electron chi connectivity index (χ0n) is 14.3. The van der Waals surface area contributed by atoms with Crippen molar-refractivity contribution in [3.8, 4) is 11.3 Å². The molecule has 0 spiro atoms. The van der Waals surface area contributed by atoms with Gasteiger partial charge in [-0.15, -0.1) is 0 Å². The van der Waals surface area contributed by atoms with Crippen molar-refractivity contribution in [2.75, 3.05) is 12.4 Å². The van der Waals surface area contributed by atoms with Crippen LogP contribution in [0.4, 0.5) is 13.2 Å². The number of nitrogens with zero attached hydrogens (tertiary/aromatic N) is 1. The molecule has 2 aromatic rings. The second-order valence-electron chi connectivity index (χ2n) is 6.07. The maximum absolute atomic E-state index is 14.4. The lowest BCUT2D eigenvalue weighted by Gasteiger charge is -2.15. The van der Waals surface area contributed by atoms with Gasteiger partial charge in [0.05, 0.1) is 16.8 Å². The van der Waals surface area contributed by atoms with Crippen LogP contribution < -0.4 is 0 Å². The van der Waals surface area contributed by atoms with E-state index in [9.17, 15) is 21.6 Å². The highest BCUT2D eigenvalue weighted by molar-refractivity contribution is 7.91. The molecule has 1 N–H and O–H groups in total. The van der Waals surface area contributed by atoms with Gasteiger partial charge < -0.3 is 5.11 Å². The molecular formula is C18H20F3NO3S. The van der Waals surface area contributed by atoms with Crippen molar-refractivity contribution >= 4 is 9.84 Å². The Bertz CT molecular complexity index is 866. The fourth-order valence-electron chi connectivity index (χ4n) is 2.80. The van der Waals surface area contributed by atoms with Crippen LogP contribution >= 0.6 is 0 Å². The minimum atomic E-state index is -3.77. The minimum Gasteiger partial charge on any atom is -0.396 e. The van der Waals surface area contributed by atoms with Gasteiger partial charge in [0.1, 0.15) is 17.3 Å². The van der Waals surface area contributed by atoms with Gasteiger partial charge >= 0.3 is 0 Å². The summed E-state index contributed by atoms with van der Waals surface area (Å²) in [5.41, 5.74) is -0.640. The number of pyridine rings is 1. The third-order valence-corrected chi connectivity index (χ3v) is 5.93. The molecule has 0 saturated heterocycles. The molecule has 8 heteroatoms. The Morgan fingerprint density at radius 2 is 1.85 bits per heavy atom. The van der Waals surface area contributed by atoms with Crippen molar-refractivity contribution in [2.24, 2.45) is 5.92 Å². The Balaban J connectivity index is 2.33. The lowest BCUT2D eigenvalue weighted by Crippen LogP contribution is -2.18. The van der Waals surface area contributed by atoms with Crippen LogP contribution in [0.25, 0.3) is 11.3 Å². The summed E-state index contributed by atoms with van der Waals surface area (Å²) in [7, 11) is -3.77. The van der Waals surface area contributed by atoms with E-state index in [0.29, 0.717) is 18.9 Å². The third kappa shape index (κ3) is 4.82. The van der Waals surface area contributed by atoms with Gasteiger partial charge in [-0.05, 0) is 37.0 Å². The lowest BCUT2D eigenvalue weighted by molar-refractivity contribution is 0.258. The maximum Gasteiger partial charge on any atom is 0.178 e. The molecule has 1 aromatic carbocycles. The standard InChI is InChI=1S/C18H20F3NO3S/c1-2-3-12(6-7-23)11-26(24,25)14-4-5-15(16(20)9-14)18-17(21)8-13(19)10-22-18/h4-5,8-10,12,23H,2-3,6-7,11H2,1H3. The van der Waals surface area contributed by atoms with E-state index in [0.717, 1.165) is 24.8 Å². The van der Waals surface area contributed by atoms with Crippen LogP contribution in [0.1, 0.15) is 26.2 Å². The summed E-state index contributed by atoms with van der Waals surface area (Å²) in [6, 6.07) is 3.69. The second kappa shape index (κ2) is 8.64. The van der Waals surface area contributed by atoms with Crippen LogP contribution in [0.2, 0.25) is 0 Å². The first-order valence-electron chi connectivity index (χ1n) is 8.23. The van der Waals surface area contributed by atoms with Crippen molar-refractivity contribution in [1.29, 1.82) is 0 Å². The first-order valence-corrected chi connectivity index (χ1v) is 9.88. The number of halogens is 3. The highest BCUT2D eigenvalue weighted by Crippen LogP contribution is 2.27. The van der Waals surface area contributed by atoms with E-state index >= 15 is 0 Å². The molecule has 0 aliphatic rings. The molecule has 0 aliphatic carbocycles. The molecule has 0 bridgehead atoms. The summed E-state index contributed by atoms with van der Waals surface area (Å²) in [6.07, 6.45) is 2.50. The van der Waals surface area contributed by atoms with E-state index in [1.165, 1.54) is 6.07 Å². The molecular weight excluding hydrogens is 367 g/mol. The predicted molar refractivity (Wildman–Crippen MR) is 91.7 cm³/mol. The monoisotopic (exact) mass is 387 g/mol. The zero-order valence-corrected chi connectivity index (χ0v) is 15.1. The maximum atomic E-state index is 14.4. The number of benzene rings is 1. The minimum absolute atomic E-state index is 0.122. The molecule has 1 unspecified atom stereocenters. The zero-order chi connectivity index (χ0) is 19.3. The van der Waals surface area contributed by atoms with E-state index in [1.54, 1.807) is 0 Å². The Kier molecular flexibility index (Phi) is 6.77. The molecule has 1 heterocycles. The van der Waals surface area contributed by atoms with Gasteiger partial charge in [0.2, 0.25) is 0 Å². The van der Waals surface area contributed by atoms with Gasteiger partial charge in [0, 0.05) is 18.2 Å². The number of aromatic nitrogens is 1. The molecule has 0 aliphatic heterocycles. The van der Waals surface area contributed by atoms with Gasteiger partial charge in [-0.3, -0.25) is 4.98 Å². The van der Waals surface area contributed by atoms with E-state index < -0.39 is 33.0 Å². The van der Waals surface area contributed by atoms with Crippen molar-refractivity contribution in [3.05, 3.63) is 47.9 Å². The topological polar surface area (TPSA) is 67.3 Å². The van der Waals surface area contributed by atoms with Gasteiger partial charge in [-0.2, -0.15) is 0 Å². The summed E-state index contributed by atoms with van der Waals surface area (Å²) in [5.74, 6) is -3.32. The van der Waals surface area contributed by atoms with Gasteiger partial charge in [-0.1, -0.05) is 13.3 Å². The smallest absolute Gasteiger partial charge is 0.178 e. The highest BCUT2D eigenvalue weighted by atomic mass is 32.2. The summed E-state index contributed by atoms with van der Waals surface area (Å²) >= 11 is 0. The number of sulfone groups is 1. The predicted octanol–water partition coefficient (Wildman–Crippen LogP) is 3.74. The Hall–Kier alpha value is -1.93. The fraction of sp³-hybridized carbons (Fsp3) is 0.389. The molecule has 142 valence electrons. The molecule has 0 amide bonds. The normalized spacial score (nSPS) is 13.0. The summed E-state index contributed by atoms with van der Waals surface area (Å²) in [4.78, 5) is 3.31. The van der Waals surface area contributed by atoms with Crippen LogP contribution in [0.3, 0.4) is 0 Å². The first-order chi connectivity index (χ1) is 12.3. The van der Waals surface area contributed by atoms with E-state index in [1.807, 2.05) is 6.92 Å². The van der Waals surface area contributed by atoms with Crippen LogP contribution in [0, 0.1) is 23.4 Å². The van der Waals surface area contributed by atoms with Crippen molar-refractivity contribution < 1.29 is 26.7 Å². The quantitative estimate of drug-likeness (QED) is 0.749. The van der Waals surface area contributed by atoms with Crippen LogP contribution in [-0.4, -0.2) is 30.9 Å². The van der Waals surface area contributed by atoms with Crippen LogP contribution in [0.5, 0.6) is 0 Å². The Morgan fingerprint density at radius 3 is 2.42 bits per heavy atom. The van der Waals surface area contributed by atoms with E-state index in [-0.39, 0.29) is 28.7 Å². The molecule has 0 fully saturated rings. The Morgan fingerprint density at radius 1 is 1.12 bits per heavy atom. The number of hydrogen-bond acceptors (Lipinski definition) is 4. The molecule has 0 radical (unpaired) electrons. The summed E-state index contributed by atoms with van der Waals surface area (Å²) in [5, 5.41) is 9.06. The molecule has 0 saturated carbocycles. The van der Waals surface area contributed by atoms with Crippen molar-refractivity contribution in [2.45, 2.75) is 31.1 Å². The van der Waals surface area contributed by atoms with Crippen molar-refractivity contribution in [3.63, 3.8) is 0 Å². The highest BCUT2D eigenvalue weighted by Gasteiger charge is 2.23. The fourth-order valence-corrected chi connectivity index (χ4v) is 4.51. The summed E-state index contributed by atoms with van der Waals surface area (Å²) < 4.78 is 66.1. The average Bonchev–Trinajstić information content (AvgIpc) is 2.55. The number of hydrogen-bond donors (Lipinski definition) is 1. The third-order valence-electron chi connectivity index (χ3n) is 4.05. The van der Waals surface area contributed by atoms with Gasteiger partial charge in [0.15, 0.2) is 15.7 Å². The van der Waals surface area contributed by atoms with Crippen LogP contribution in [0.15, 0.2) is 35.4 Å². The lowest BCUT2D eigenvalue weighted by atomic mass is 10.0. The largest absolute Gasteiger partial charge is 0.396 e. The number of rotatable bonds is 8. The van der Waals surface area contributed by atoms with Gasteiger partial charge in [-0.25, -0.2) is 21.6 Å². The molecule has 4 nitrogen and oxygen atoms in total. The SMILES string of the molecule is CCCC(CCO)CS(=O)(=O)c1ccc(-c2ncc(F)cc2F)c(F)c1. The summed E-state index contributed by atoms with van der Waals surface area (Å²) in [6.45, 7) is 1.79. The van der Waals surface area contributed by atoms with Gasteiger partial charge in [0.25, 0.3) is 0 Å². The van der Waals surface area contributed by atoms with Crippen molar-refractivity contribution in [1.82, 2.24) is 4.98 Å². The second-order valence-corrected chi connectivity index (χ2v) is 8.11. The molecule has 26 heavy (non-hydrogen) atoms. The van der Waals surface area contributed by atoms with Crippen LogP contribution in [-0.2, 0) is 9.84 Å². The molecule has 1 atom stereocenters. The van der Waals surface area contributed by atoms with E-state index in [2.05, 4.69) is 4.98 Å². The van der Waals surface area contributed by atoms with E-state index in [4.69, 9.17) is 5.11 Å².